The van der Waals surface area contributed by atoms with E-state index >= 15 is 0 Å². The molecule has 2 heteroatoms. The van der Waals surface area contributed by atoms with Crippen LogP contribution < -0.4 is 11.1 Å². The van der Waals surface area contributed by atoms with Gasteiger partial charge in [0.1, 0.15) is 0 Å². The molecule has 6 unspecified atom stereocenters. The van der Waals surface area contributed by atoms with Crippen LogP contribution in [-0.4, -0.2) is 18.1 Å². The highest BCUT2D eigenvalue weighted by Gasteiger charge is 2.29. The number of nitrogens with two attached hydrogens (primary N) is 1. The molecule has 17 heavy (non-hydrogen) atoms. The van der Waals surface area contributed by atoms with Crippen molar-refractivity contribution in [3.8, 4) is 0 Å². The summed E-state index contributed by atoms with van der Waals surface area (Å²) in [6, 6.07) is 1.86. The van der Waals surface area contributed by atoms with Gasteiger partial charge in [0, 0.05) is 18.1 Å². The molecule has 0 aromatic carbocycles. The van der Waals surface area contributed by atoms with Gasteiger partial charge in [0.15, 0.2) is 0 Å². The fourth-order valence-corrected chi connectivity index (χ4v) is 3.54. The van der Waals surface area contributed by atoms with Crippen molar-refractivity contribution < 1.29 is 0 Å². The molecule has 0 saturated heterocycles. The summed E-state index contributed by atoms with van der Waals surface area (Å²) < 4.78 is 0. The van der Waals surface area contributed by atoms with Crippen LogP contribution in [0.3, 0.4) is 0 Å². The van der Waals surface area contributed by atoms with Crippen LogP contribution in [0.15, 0.2) is 0 Å². The number of nitrogens with one attached hydrogen (secondary N) is 1. The minimum absolute atomic E-state index is 0.418. The summed E-state index contributed by atoms with van der Waals surface area (Å²) in [6.07, 6.45) is 7.94. The molecule has 0 amide bonds. The molecule has 2 aliphatic carbocycles. The zero-order valence-corrected chi connectivity index (χ0v) is 11.8. The van der Waals surface area contributed by atoms with Gasteiger partial charge in [-0.2, -0.15) is 0 Å². The van der Waals surface area contributed by atoms with Crippen molar-refractivity contribution in [2.24, 2.45) is 23.5 Å². The summed E-state index contributed by atoms with van der Waals surface area (Å²) in [6.45, 7) is 7.11. The molecule has 0 aromatic heterocycles. The Kier molecular flexibility index (Phi) is 4.48. The molecule has 0 aliphatic heterocycles. The first-order chi connectivity index (χ1) is 8.06. The van der Waals surface area contributed by atoms with Gasteiger partial charge in [-0.3, -0.25) is 0 Å². The predicted molar refractivity (Wildman–Crippen MR) is 73.9 cm³/mol. The van der Waals surface area contributed by atoms with E-state index in [4.69, 9.17) is 5.73 Å². The van der Waals surface area contributed by atoms with Crippen LogP contribution in [0.1, 0.15) is 59.3 Å². The summed E-state index contributed by atoms with van der Waals surface area (Å²) in [7, 11) is 0. The van der Waals surface area contributed by atoms with Crippen LogP contribution in [0.2, 0.25) is 0 Å². The fraction of sp³-hybridized carbons (Fsp3) is 1.00. The highest BCUT2D eigenvalue weighted by molar-refractivity contribution is 4.88. The smallest absolute Gasteiger partial charge is 0.00845 e. The first-order valence-corrected chi connectivity index (χ1v) is 7.58. The van der Waals surface area contributed by atoms with E-state index in [0.717, 1.165) is 23.8 Å². The molecule has 6 atom stereocenters. The lowest BCUT2D eigenvalue weighted by atomic mass is 9.78. The van der Waals surface area contributed by atoms with Gasteiger partial charge in [-0.1, -0.05) is 20.8 Å². The van der Waals surface area contributed by atoms with E-state index in [1.54, 1.807) is 0 Å². The lowest BCUT2D eigenvalue weighted by Gasteiger charge is -2.38. The number of rotatable bonds is 2. The molecule has 100 valence electrons. The Labute approximate surface area is 107 Å². The molecule has 2 aliphatic rings. The summed E-state index contributed by atoms with van der Waals surface area (Å²) >= 11 is 0. The van der Waals surface area contributed by atoms with Gasteiger partial charge in [0.2, 0.25) is 0 Å². The second-order valence-corrected chi connectivity index (χ2v) is 6.78. The van der Waals surface area contributed by atoms with Crippen molar-refractivity contribution in [3.05, 3.63) is 0 Å². The Morgan fingerprint density at radius 3 is 1.94 bits per heavy atom. The Bertz CT molecular complexity index is 217. The molecule has 0 heterocycles. The second kappa shape index (κ2) is 5.71. The maximum atomic E-state index is 6.18. The van der Waals surface area contributed by atoms with Crippen LogP contribution in [0.4, 0.5) is 0 Å². The minimum Gasteiger partial charge on any atom is -0.327 e. The first-order valence-electron chi connectivity index (χ1n) is 7.58. The maximum Gasteiger partial charge on any atom is 0.00845 e. The van der Waals surface area contributed by atoms with E-state index < -0.39 is 0 Å². The maximum absolute atomic E-state index is 6.18. The molecule has 0 radical (unpaired) electrons. The topological polar surface area (TPSA) is 38.0 Å². The van der Waals surface area contributed by atoms with Crippen molar-refractivity contribution in [1.29, 1.82) is 0 Å². The first kappa shape index (κ1) is 13.4. The van der Waals surface area contributed by atoms with Crippen LogP contribution >= 0.6 is 0 Å². The van der Waals surface area contributed by atoms with E-state index in [9.17, 15) is 0 Å². The van der Waals surface area contributed by atoms with E-state index in [2.05, 4.69) is 26.1 Å². The SMILES string of the molecule is CC1CCC(NC2CCC(C)C(N)C2)CC1C. The van der Waals surface area contributed by atoms with Crippen molar-refractivity contribution in [2.45, 2.75) is 77.4 Å². The Morgan fingerprint density at radius 1 is 0.765 bits per heavy atom. The molecule has 0 spiro atoms. The molecule has 2 saturated carbocycles. The molecular formula is C15H30N2. The Balaban J connectivity index is 1.78. The molecule has 0 aromatic rings. The third-order valence-electron chi connectivity index (χ3n) is 5.33. The predicted octanol–water partition coefficient (Wildman–Crippen LogP) is 2.92. The average Bonchev–Trinajstić information content (AvgIpc) is 2.29. The van der Waals surface area contributed by atoms with Crippen molar-refractivity contribution in [1.82, 2.24) is 5.32 Å². The molecule has 2 fully saturated rings. The molecule has 0 bridgehead atoms. The van der Waals surface area contributed by atoms with Gasteiger partial charge in [0.25, 0.3) is 0 Å². The third kappa shape index (κ3) is 3.45. The van der Waals surface area contributed by atoms with E-state index in [1.807, 2.05) is 0 Å². The van der Waals surface area contributed by atoms with Crippen LogP contribution in [-0.2, 0) is 0 Å². The minimum atomic E-state index is 0.418. The zero-order chi connectivity index (χ0) is 12.4. The Hall–Kier alpha value is -0.0800. The zero-order valence-electron chi connectivity index (χ0n) is 11.8. The monoisotopic (exact) mass is 238 g/mol. The van der Waals surface area contributed by atoms with Crippen molar-refractivity contribution in [2.75, 3.05) is 0 Å². The van der Waals surface area contributed by atoms with Gasteiger partial charge in [0.05, 0.1) is 0 Å². The van der Waals surface area contributed by atoms with Gasteiger partial charge < -0.3 is 11.1 Å². The molecule has 2 nitrogen and oxygen atoms in total. The van der Waals surface area contributed by atoms with Gasteiger partial charge in [-0.15, -0.1) is 0 Å². The number of hydrogen-bond donors (Lipinski definition) is 2. The quantitative estimate of drug-likeness (QED) is 0.776. The van der Waals surface area contributed by atoms with E-state index in [0.29, 0.717) is 12.1 Å². The van der Waals surface area contributed by atoms with Crippen LogP contribution in [0.5, 0.6) is 0 Å². The van der Waals surface area contributed by atoms with Gasteiger partial charge >= 0.3 is 0 Å². The van der Waals surface area contributed by atoms with Gasteiger partial charge in [-0.05, 0) is 56.3 Å². The van der Waals surface area contributed by atoms with Gasteiger partial charge in [-0.25, -0.2) is 0 Å². The normalized spacial score (nSPS) is 48.0. The molecule has 3 N–H and O–H groups in total. The molecular weight excluding hydrogens is 208 g/mol. The second-order valence-electron chi connectivity index (χ2n) is 6.78. The van der Waals surface area contributed by atoms with E-state index in [-0.39, 0.29) is 0 Å². The highest BCUT2D eigenvalue weighted by Crippen LogP contribution is 2.31. The highest BCUT2D eigenvalue weighted by atomic mass is 15.0. The summed E-state index contributed by atoms with van der Waals surface area (Å²) in [5.41, 5.74) is 6.18. The van der Waals surface area contributed by atoms with Crippen molar-refractivity contribution >= 4 is 0 Å². The third-order valence-corrected chi connectivity index (χ3v) is 5.33. The van der Waals surface area contributed by atoms with Crippen LogP contribution in [0, 0.1) is 17.8 Å². The number of hydrogen-bond acceptors (Lipinski definition) is 2. The molecule has 2 rings (SSSR count). The van der Waals surface area contributed by atoms with Crippen LogP contribution in [0.25, 0.3) is 0 Å². The van der Waals surface area contributed by atoms with E-state index in [1.165, 1.54) is 38.5 Å². The summed E-state index contributed by atoms with van der Waals surface area (Å²) in [5, 5.41) is 3.88. The Morgan fingerprint density at radius 2 is 1.35 bits per heavy atom. The standard InChI is InChI=1S/C15H30N2/c1-10-4-6-13(8-12(10)3)17-14-7-5-11(2)15(16)9-14/h10-15,17H,4-9,16H2,1-3H3. The fourth-order valence-electron chi connectivity index (χ4n) is 3.54. The lowest BCUT2D eigenvalue weighted by molar-refractivity contribution is 0.188. The summed E-state index contributed by atoms with van der Waals surface area (Å²) in [4.78, 5) is 0. The van der Waals surface area contributed by atoms with Crippen molar-refractivity contribution in [3.63, 3.8) is 0 Å². The lowest BCUT2D eigenvalue weighted by Crippen LogP contribution is -2.48. The largest absolute Gasteiger partial charge is 0.327 e. The average molecular weight is 238 g/mol. The summed E-state index contributed by atoms with van der Waals surface area (Å²) in [5.74, 6) is 2.53.